The molecule has 0 aromatic heterocycles. The number of nitrogens with zero attached hydrogens (tertiary/aromatic N) is 1. The van der Waals surface area contributed by atoms with Crippen LogP contribution in [0.5, 0.6) is 11.5 Å². The summed E-state index contributed by atoms with van der Waals surface area (Å²) in [6, 6.07) is 8.67. The fourth-order valence-corrected chi connectivity index (χ4v) is 5.46. The van der Waals surface area contributed by atoms with Crippen molar-refractivity contribution in [3.05, 3.63) is 68.6 Å². The molecule has 1 aliphatic carbocycles. The smallest absolute Gasteiger partial charge is 0.247 e. The number of halogens is 2. The zero-order valence-corrected chi connectivity index (χ0v) is 24.8. The third kappa shape index (κ3) is 8.15. The minimum atomic E-state index is -1.21. The number of rotatable bonds is 13. The van der Waals surface area contributed by atoms with Gasteiger partial charge in [0.1, 0.15) is 18.0 Å². The van der Waals surface area contributed by atoms with Gasteiger partial charge in [-0.1, -0.05) is 19.1 Å². The van der Waals surface area contributed by atoms with Crippen LogP contribution in [0.2, 0.25) is 0 Å². The van der Waals surface area contributed by atoms with E-state index in [1.165, 1.54) is 25.3 Å². The maximum Gasteiger partial charge on any atom is 0.247 e. The molecule has 0 spiro atoms. The van der Waals surface area contributed by atoms with Gasteiger partial charge in [0.2, 0.25) is 11.8 Å². The maximum absolute atomic E-state index is 13.8. The summed E-state index contributed by atoms with van der Waals surface area (Å²) in [4.78, 5) is 27.9. The highest BCUT2D eigenvalue weighted by atomic mass is 127. The molecule has 11 heteroatoms. The van der Waals surface area contributed by atoms with Crippen molar-refractivity contribution in [2.24, 2.45) is 0 Å². The second-order valence-corrected chi connectivity index (χ2v) is 10.7. The monoisotopic (exact) mass is 670 g/mol. The van der Waals surface area contributed by atoms with Gasteiger partial charge >= 0.3 is 0 Å². The van der Waals surface area contributed by atoms with Gasteiger partial charge < -0.3 is 35.0 Å². The number of carbonyl (C=O) groups is 2. The van der Waals surface area contributed by atoms with Crippen LogP contribution in [0.1, 0.15) is 37.3 Å². The quantitative estimate of drug-likeness (QED) is 0.242. The van der Waals surface area contributed by atoms with Crippen molar-refractivity contribution in [2.75, 3.05) is 26.8 Å². The zero-order valence-electron chi connectivity index (χ0n) is 22.6. The molecule has 0 saturated carbocycles. The number of ether oxygens (including phenoxy) is 2. The summed E-state index contributed by atoms with van der Waals surface area (Å²) < 4.78 is 26.1. The lowest BCUT2D eigenvalue weighted by Crippen LogP contribution is -2.55. The second-order valence-electron chi connectivity index (χ2n) is 9.50. The lowest BCUT2D eigenvalue weighted by Gasteiger charge is -2.41. The van der Waals surface area contributed by atoms with Gasteiger partial charge in [0.15, 0.2) is 11.5 Å². The second kappa shape index (κ2) is 15.3. The van der Waals surface area contributed by atoms with Crippen LogP contribution in [-0.2, 0) is 22.6 Å². The van der Waals surface area contributed by atoms with Crippen LogP contribution >= 0.6 is 22.6 Å². The van der Waals surface area contributed by atoms with Crippen LogP contribution < -0.4 is 14.8 Å². The molecule has 0 aliphatic heterocycles. The van der Waals surface area contributed by atoms with Crippen molar-refractivity contribution in [3.8, 4) is 11.5 Å². The minimum absolute atomic E-state index is 0.0430. The predicted molar refractivity (Wildman–Crippen MR) is 155 cm³/mol. The van der Waals surface area contributed by atoms with Crippen molar-refractivity contribution in [1.82, 2.24) is 10.2 Å². The van der Waals surface area contributed by atoms with E-state index >= 15 is 0 Å². The number of hydrogen-bond acceptors (Lipinski definition) is 7. The van der Waals surface area contributed by atoms with Crippen LogP contribution in [0.25, 0.3) is 0 Å². The first-order valence-electron chi connectivity index (χ1n) is 13.2. The largest absolute Gasteiger partial charge is 0.493 e. The summed E-state index contributed by atoms with van der Waals surface area (Å²) in [5.41, 5.74) is 1.62. The lowest BCUT2D eigenvalue weighted by molar-refractivity contribution is -0.138. The fraction of sp³-hybridized carbons (Fsp3) is 0.448. The Morgan fingerprint density at radius 3 is 2.62 bits per heavy atom. The van der Waals surface area contributed by atoms with Gasteiger partial charge in [0.25, 0.3) is 0 Å². The van der Waals surface area contributed by atoms with E-state index in [1.807, 2.05) is 29.5 Å². The average Bonchev–Trinajstić information content (AvgIpc) is 2.94. The third-order valence-corrected chi connectivity index (χ3v) is 7.46. The SMILES string of the molecule is CCCC(=O)N(CCc1cccc(F)c1)[C@@H]1CC(C(=O)NCCO)=C[C@H](Oc2c(I)cc(CO)cc2OC)[C@H]1O. The van der Waals surface area contributed by atoms with E-state index in [9.17, 15) is 29.3 Å². The summed E-state index contributed by atoms with van der Waals surface area (Å²) in [6.07, 6.45) is 0.536. The number of carbonyl (C=O) groups excluding carboxylic acids is 2. The molecule has 3 atom stereocenters. The molecule has 0 heterocycles. The van der Waals surface area contributed by atoms with E-state index in [4.69, 9.17) is 9.47 Å². The molecule has 3 rings (SSSR count). The molecule has 0 fully saturated rings. The Bertz CT molecular complexity index is 1210. The molecular formula is C29H36FIN2O7. The maximum atomic E-state index is 13.8. The van der Waals surface area contributed by atoms with E-state index in [0.29, 0.717) is 44.6 Å². The Kier molecular flexibility index (Phi) is 12.2. The molecule has 4 N–H and O–H groups in total. The van der Waals surface area contributed by atoms with E-state index in [0.717, 1.165) is 0 Å². The first kappa shape index (κ1) is 31.8. The highest BCUT2D eigenvalue weighted by molar-refractivity contribution is 14.1. The standard InChI is InChI=1S/C29H36FIN2O7/c1-3-5-26(36)33(10-8-18-6-4-7-21(30)12-18)23-15-20(29(38)32-9-11-34)16-24(27(23)37)40-28-22(31)13-19(17-35)14-25(28)39-2/h4,6-7,12-14,16,23-24,27,34-35,37H,3,5,8-11,15,17H2,1-2H3,(H,32,38)/t23-,24+,27+/m1/s1. The molecule has 0 bridgehead atoms. The average molecular weight is 671 g/mol. The molecule has 2 aromatic rings. The third-order valence-electron chi connectivity index (χ3n) is 6.66. The Morgan fingerprint density at radius 1 is 1.20 bits per heavy atom. The number of hydrogen-bond donors (Lipinski definition) is 4. The van der Waals surface area contributed by atoms with Crippen molar-refractivity contribution in [2.45, 2.75) is 57.5 Å². The van der Waals surface area contributed by atoms with E-state index in [1.54, 1.807) is 29.2 Å². The van der Waals surface area contributed by atoms with Gasteiger partial charge in [-0.3, -0.25) is 9.59 Å². The van der Waals surface area contributed by atoms with Gasteiger partial charge in [-0.05, 0) is 76.9 Å². The number of methoxy groups -OCH3 is 1. The first-order chi connectivity index (χ1) is 19.2. The fourth-order valence-electron chi connectivity index (χ4n) is 4.67. The molecule has 9 nitrogen and oxygen atoms in total. The highest BCUT2D eigenvalue weighted by Gasteiger charge is 2.40. The van der Waals surface area contributed by atoms with Gasteiger partial charge in [-0.25, -0.2) is 4.39 Å². The van der Waals surface area contributed by atoms with Crippen LogP contribution in [-0.4, -0.2) is 77.1 Å². The molecule has 0 unspecified atom stereocenters. The topological polar surface area (TPSA) is 129 Å². The molecule has 2 aromatic carbocycles. The van der Waals surface area contributed by atoms with Crippen LogP contribution in [0.15, 0.2) is 48.0 Å². The van der Waals surface area contributed by atoms with Crippen LogP contribution in [0, 0.1) is 9.39 Å². The summed E-state index contributed by atoms with van der Waals surface area (Å²) >= 11 is 2.04. The van der Waals surface area contributed by atoms with Crippen molar-refractivity contribution >= 4 is 34.4 Å². The molecule has 0 saturated heterocycles. The minimum Gasteiger partial charge on any atom is -0.493 e. The van der Waals surface area contributed by atoms with E-state index in [-0.39, 0.29) is 50.9 Å². The van der Waals surface area contributed by atoms with Crippen LogP contribution in [0.4, 0.5) is 4.39 Å². The van der Waals surface area contributed by atoms with Gasteiger partial charge in [-0.15, -0.1) is 0 Å². The Morgan fingerprint density at radius 2 is 1.98 bits per heavy atom. The number of nitrogens with one attached hydrogen (secondary N) is 1. The molecular weight excluding hydrogens is 634 g/mol. The van der Waals surface area contributed by atoms with Crippen molar-refractivity contribution in [3.63, 3.8) is 0 Å². The number of aliphatic hydroxyl groups is 3. The van der Waals surface area contributed by atoms with Crippen molar-refractivity contribution in [1.29, 1.82) is 0 Å². The summed E-state index contributed by atoms with van der Waals surface area (Å²) in [6.45, 7) is 1.68. The lowest BCUT2D eigenvalue weighted by atomic mass is 9.87. The highest BCUT2D eigenvalue weighted by Crippen LogP contribution is 2.37. The van der Waals surface area contributed by atoms with Gasteiger partial charge in [0.05, 0.1) is 29.9 Å². The summed E-state index contributed by atoms with van der Waals surface area (Å²) in [5, 5.41) is 33.0. The zero-order chi connectivity index (χ0) is 29.2. The molecule has 1 aliphatic rings. The Labute approximate surface area is 247 Å². The normalized spacial score (nSPS) is 18.6. The molecule has 0 radical (unpaired) electrons. The summed E-state index contributed by atoms with van der Waals surface area (Å²) in [5.74, 6) is -0.350. The van der Waals surface area contributed by atoms with Gasteiger partial charge in [0, 0.05) is 31.5 Å². The molecule has 40 heavy (non-hydrogen) atoms. The predicted octanol–water partition coefficient (Wildman–Crippen LogP) is 2.72. The first-order valence-corrected chi connectivity index (χ1v) is 14.3. The Hall–Kier alpha value is -2.74. The van der Waals surface area contributed by atoms with Crippen LogP contribution in [0.3, 0.4) is 0 Å². The van der Waals surface area contributed by atoms with E-state index in [2.05, 4.69) is 5.32 Å². The number of aliphatic hydroxyl groups excluding tert-OH is 3. The molecule has 218 valence electrons. The summed E-state index contributed by atoms with van der Waals surface area (Å²) in [7, 11) is 1.46. The van der Waals surface area contributed by atoms with Gasteiger partial charge in [-0.2, -0.15) is 0 Å². The number of amides is 2. The Balaban J connectivity index is 1.98. The number of benzene rings is 2. The van der Waals surface area contributed by atoms with Crippen molar-refractivity contribution < 1.29 is 38.8 Å². The molecule has 2 amide bonds. The van der Waals surface area contributed by atoms with E-state index < -0.39 is 24.2 Å².